The van der Waals surface area contributed by atoms with Gasteiger partial charge >= 0.3 is 17.4 Å². The van der Waals surface area contributed by atoms with Gasteiger partial charge in [-0.3, -0.25) is 0 Å². The second kappa shape index (κ2) is 8.12. The van der Waals surface area contributed by atoms with E-state index in [1.807, 2.05) is 0 Å². The lowest BCUT2D eigenvalue weighted by molar-refractivity contribution is -0.332. The number of nitrogens with zero attached hydrogens (tertiary/aromatic N) is 1. The van der Waals surface area contributed by atoms with Gasteiger partial charge in [0.05, 0.1) is 16.5 Å². The maximum Gasteiger partial charge on any atom is 0.461 e. The van der Waals surface area contributed by atoms with Crippen LogP contribution in [0, 0.1) is 17.4 Å². The lowest BCUT2D eigenvalue weighted by atomic mass is 10.0. The highest BCUT2D eigenvalue weighted by Crippen LogP contribution is 2.51. The van der Waals surface area contributed by atoms with Gasteiger partial charge < -0.3 is 0 Å². The summed E-state index contributed by atoms with van der Waals surface area (Å²) < 4.78 is 117. The minimum Gasteiger partial charge on any atom is -0.217 e. The van der Waals surface area contributed by atoms with Crippen molar-refractivity contribution in [3.8, 4) is 6.07 Å². The van der Waals surface area contributed by atoms with E-state index in [4.69, 9.17) is 5.26 Å². The largest absolute Gasteiger partial charge is 0.461 e. The molecule has 0 aliphatic carbocycles. The summed E-state index contributed by atoms with van der Waals surface area (Å²) in [6.07, 6.45) is -7.37. The molecule has 161 valence electrons. The number of nitriles is 1. The highest BCUT2D eigenvalue weighted by molar-refractivity contribution is 9.11. The first-order valence-corrected chi connectivity index (χ1v) is 10.6. The third-order valence-corrected chi connectivity index (χ3v) is 6.88. The molecular weight excluding hydrogens is 575 g/mol. The van der Waals surface area contributed by atoms with Crippen LogP contribution in [0.1, 0.15) is 16.7 Å². The summed E-state index contributed by atoms with van der Waals surface area (Å²) in [6.45, 7) is 0. The lowest BCUT2D eigenvalue weighted by Gasteiger charge is -2.28. The highest BCUT2D eigenvalue weighted by atomic mass is 79.9. The van der Waals surface area contributed by atoms with Crippen molar-refractivity contribution in [2.75, 3.05) is 0 Å². The molecule has 1 radical (unpaired) electrons. The van der Waals surface area contributed by atoms with E-state index < -0.39 is 44.1 Å². The van der Waals surface area contributed by atoms with Gasteiger partial charge in [-0.05, 0) is 39.2 Å². The number of hydrogen-bond donors (Lipinski definition) is 0. The van der Waals surface area contributed by atoms with E-state index in [1.165, 1.54) is 24.3 Å². The molecule has 30 heavy (non-hydrogen) atoms. The van der Waals surface area contributed by atoms with Crippen molar-refractivity contribution in [1.29, 1.82) is 5.26 Å². The van der Waals surface area contributed by atoms with Crippen molar-refractivity contribution in [2.45, 2.75) is 28.7 Å². The van der Waals surface area contributed by atoms with Crippen molar-refractivity contribution >= 4 is 41.7 Å². The summed E-state index contributed by atoms with van der Waals surface area (Å²) in [5.74, 6) is -6.86. The third kappa shape index (κ3) is 4.09. The van der Waals surface area contributed by atoms with Gasteiger partial charge in [-0.15, -0.1) is 0 Å². The van der Waals surface area contributed by atoms with Crippen LogP contribution in [0.5, 0.6) is 0 Å². The Morgan fingerprint density at radius 1 is 1.03 bits per heavy atom. The molecule has 0 amide bonds. The number of hydrogen-bond acceptors (Lipinski definition) is 3. The Labute approximate surface area is 182 Å². The molecule has 2 aromatic rings. The van der Waals surface area contributed by atoms with Crippen LogP contribution in [0.4, 0.5) is 30.7 Å². The van der Waals surface area contributed by atoms with E-state index in [0.717, 1.165) is 0 Å². The van der Waals surface area contributed by atoms with Crippen molar-refractivity contribution < 1.29 is 39.2 Å². The number of alkyl halides is 7. The van der Waals surface area contributed by atoms with Crippen LogP contribution in [-0.4, -0.2) is 25.8 Å². The van der Waals surface area contributed by atoms with E-state index in [2.05, 4.69) is 37.9 Å². The average Bonchev–Trinajstić information content (AvgIpc) is 2.62. The average molecular weight is 582 g/mol. The normalized spacial score (nSPS) is 13.2. The van der Waals surface area contributed by atoms with Crippen LogP contribution in [0.3, 0.4) is 0 Å². The van der Waals surface area contributed by atoms with Crippen LogP contribution in [0.15, 0.2) is 44.2 Å². The van der Waals surface area contributed by atoms with Gasteiger partial charge in [-0.25, -0.2) is 8.42 Å². The SMILES string of the molecule is N#Cc1ccccc1Cc1c(Br)[c]c(Br)cc1S(=O)(=O)C(F)(F)C(F)(F)C(F)(F)F. The molecule has 0 N–H and O–H groups in total. The number of rotatable bonds is 5. The predicted molar refractivity (Wildman–Crippen MR) is 97.8 cm³/mol. The zero-order chi connectivity index (χ0) is 23.1. The number of halogens is 9. The fourth-order valence-corrected chi connectivity index (χ4v) is 5.42. The summed E-state index contributed by atoms with van der Waals surface area (Å²) in [5, 5.41) is 2.61. The summed E-state index contributed by atoms with van der Waals surface area (Å²) in [7, 11) is -6.56. The molecule has 2 aromatic carbocycles. The molecule has 2 rings (SSSR count). The van der Waals surface area contributed by atoms with Crippen LogP contribution < -0.4 is 0 Å². The highest BCUT2D eigenvalue weighted by Gasteiger charge is 2.78. The zero-order valence-electron chi connectivity index (χ0n) is 14.2. The first-order chi connectivity index (χ1) is 13.6. The molecule has 0 saturated heterocycles. The Hall–Kier alpha value is -1.65. The maximum atomic E-state index is 14.1. The van der Waals surface area contributed by atoms with E-state index in [0.29, 0.717) is 6.07 Å². The Kier molecular flexibility index (Phi) is 6.67. The molecule has 0 spiro atoms. The molecule has 0 aromatic heterocycles. The molecule has 0 heterocycles. The Morgan fingerprint density at radius 2 is 1.60 bits per heavy atom. The smallest absolute Gasteiger partial charge is 0.217 e. The van der Waals surface area contributed by atoms with Crippen LogP contribution >= 0.6 is 31.9 Å². The first kappa shape index (κ1) is 24.6. The van der Waals surface area contributed by atoms with Gasteiger partial charge in [0.1, 0.15) is 0 Å². The van der Waals surface area contributed by atoms with E-state index in [9.17, 15) is 39.2 Å². The Balaban J connectivity index is 2.77. The topological polar surface area (TPSA) is 57.9 Å². The number of benzene rings is 2. The molecule has 0 fully saturated rings. The van der Waals surface area contributed by atoms with Gasteiger partial charge in [-0.2, -0.15) is 36.0 Å². The third-order valence-electron chi connectivity index (χ3n) is 3.90. The van der Waals surface area contributed by atoms with Crippen molar-refractivity contribution in [3.63, 3.8) is 0 Å². The Bertz CT molecular complexity index is 1130. The molecule has 0 aliphatic rings. The van der Waals surface area contributed by atoms with Crippen LogP contribution in [-0.2, 0) is 16.3 Å². The van der Waals surface area contributed by atoms with Crippen LogP contribution in [0.25, 0.3) is 0 Å². The van der Waals surface area contributed by atoms with Gasteiger partial charge in [0, 0.05) is 21.4 Å². The standard InChI is InChI=1S/C17H7Br2F7NO2S/c18-11-6-13(19)12(5-9-3-1-2-4-10(9)8-27)14(7-11)30(28,29)17(25,26)15(20,21)16(22,23)24/h1-4,7H,5H2. The van der Waals surface area contributed by atoms with E-state index >= 15 is 0 Å². The summed E-state index contributed by atoms with van der Waals surface area (Å²) in [6, 6.07) is 10.2. The van der Waals surface area contributed by atoms with Gasteiger partial charge in [0.15, 0.2) is 0 Å². The molecule has 0 saturated carbocycles. The second-order valence-corrected chi connectivity index (χ2v) is 9.42. The summed E-state index contributed by atoms with van der Waals surface area (Å²) in [4.78, 5) is -1.47. The molecule has 3 nitrogen and oxygen atoms in total. The molecule has 0 unspecified atom stereocenters. The van der Waals surface area contributed by atoms with Gasteiger partial charge in [0.2, 0.25) is 0 Å². The van der Waals surface area contributed by atoms with Crippen molar-refractivity contribution in [2.24, 2.45) is 0 Å². The Morgan fingerprint density at radius 3 is 2.13 bits per heavy atom. The lowest BCUT2D eigenvalue weighted by Crippen LogP contribution is -2.56. The molecule has 0 aliphatic heterocycles. The summed E-state index contributed by atoms with van der Waals surface area (Å²) in [5.41, 5.74) is -0.430. The van der Waals surface area contributed by atoms with Gasteiger partial charge in [0.25, 0.3) is 9.84 Å². The fourth-order valence-electron chi connectivity index (χ4n) is 2.38. The quantitative estimate of drug-likeness (QED) is 0.405. The fraction of sp³-hybridized carbons (Fsp3) is 0.235. The zero-order valence-corrected chi connectivity index (χ0v) is 18.2. The van der Waals surface area contributed by atoms with Crippen molar-refractivity contribution in [3.05, 3.63) is 62.0 Å². The maximum absolute atomic E-state index is 14.1. The van der Waals surface area contributed by atoms with Gasteiger partial charge in [-0.1, -0.05) is 34.1 Å². The van der Waals surface area contributed by atoms with E-state index in [-0.39, 0.29) is 20.1 Å². The molecule has 0 atom stereocenters. The summed E-state index contributed by atoms with van der Waals surface area (Å²) >= 11 is 5.62. The molecule has 0 bridgehead atoms. The molecule has 13 heteroatoms. The minimum absolute atomic E-state index is 0.0167. The van der Waals surface area contributed by atoms with Crippen molar-refractivity contribution in [1.82, 2.24) is 0 Å². The number of sulfone groups is 1. The van der Waals surface area contributed by atoms with E-state index in [1.54, 1.807) is 6.07 Å². The molecular formula is C17H7Br2F7NO2S. The van der Waals surface area contributed by atoms with Crippen LogP contribution in [0.2, 0.25) is 0 Å². The first-order valence-electron chi connectivity index (χ1n) is 7.53. The minimum atomic E-state index is -6.86. The second-order valence-electron chi connectivity index (χ2n) is 5.81. The predicted octanol–water partition coefficient (Wildman–Crippen LogP) is 6.04. The monoisotopic (exact) mass is 580 g/mol.